The minimum atomic E-state index is -0.662. The van der Waals surface area contributed by atoms with Crippen LogP contribution in [-0.4, -0.2) is 49.2 Å². The maximum absolute atomic E-state index is 14.4. The average molecular weight is 297 g/mol. The molecule has 1 aliphatic heterocycles. The van der Waals surface area contributed by atoms with Crippen LogP contribution in [0.4, 0.5) is 15.8 Å². The maximum atomic E-state index is 14.4. The molecule has 0 aliphatic carbocycles. The van der Waals surface area contributed by atoms with Crippen LogP contribution in [0, 0.1) is 15.9 Å². The monoisotopic (exact) mass is 297 g/mol. The number of benzene rings is 1. The molecule has 1 aliphatic rings. The molecule has 0 saturated carbocycles. The molecule has 0 amide bonds. The zero-order chi connectivity index (χ0) is 15.6. The third-order valence-electron chi connectivity index (χ3n) is 3.84. The Morgan fingerprint density at radius 2 is 1.90 bits per heavy atom. The van der Waals surface area contributed by atoms with Crippen LogP contribution >= 0.6 is 0 Å². The zero-order valence-electron chi connectivity index (χ0n) is 12.5. The van der Waals surface area contributed by atoms with Gasteiger partial charge in [-0.05, 0) is 19.9 Å². The van der Waals surface area contributed by atoms with Gasteiger partial charge in [0.15, 0.2) is 5.82 Å². The number of rotatable bonds is 4. The van der Waals surface area contributed by atoms with Gasteiger partial charge in [0.25, 0.3) is 0 Å². The van der Waals surface area contributed by atoms with Gasteiger partial charge in [-0.15, -0.1) is 0 Å². The van der Waals surface area contributed by atoms with Gasteiger partial charge in [-0.3, -0.25) is 15.0 Å². The topological polar surface area (TPSA) is 58.9 Å². The summed E-state index contributed by atoms with van der Waals surface area (Å²) in [5.41, 5.74) is 0.0143. The van der Waals surface area contributed by atoms with Gasteiger partial charge in [-0.25, -0.2) is 4.39 Å². The molecular formula is C14H20FN3O3. The minimum absolute atomic E-state index is 0.302. The van der Waals surface area contributed by atoms with Crippen LogP contribution in [-0.2, 0) is 0 Å². The predicted molar refractivity (Wildman–Crippen MR) is 78.5 cm³/mol. The fourth-order valence-corrected chi connectivity index (χ4v) is 2.60. The van der Waals surface area contributed by atoms with Crippen molar-refractivity contribution in [3.8, 4) is 5.75 Å². The molecule has 2 rings (SSSR count). The van der Waals surface area contributed by atoms with Gasteiger partial charge in [-0.2, -0.15) is 0 Å². The molecule has 0 N–H and O–H groups in total. The number of ether oxygens (including phenoxy) is 1. The second-order valence-electron chi connectivity index (χ2n) is 5.32. The Hall–Kier alpha value is -1.89. The van der Waals surface area contributed by atoms with Gasteiger partial charge in [0.1, 0.15) is 0 Å². The number of halogens is 1. The van der Waals surface area contributed by atoms with Crippen molar-refractivity contribution in [3.05, 3.63) is 28.1 Å². The maximum Gasteiger partial charge on any atom is 0.314 e. The fraction of sp³-hybridized carbons (Fsp3) is 0.571. The molecule has 1 saturated heterocycles. The summed E-state index contributed by atoms with van der Waals surface area (Å²) in [6, 6.07) is 3.22. The normalized spacial score (nSPS) is 16.3. The van der Waals surface area contributed by atoms with E-state index in [-0.39, 0.29) is 11.4 Å². The molecule has 0 atom stereocenters. The van der Waals surface area contributed by atoms with E-state index in [9.17, 15) is 14.5 Å². The molecule has 0 radical (unpaired) electrons. The van der Waals surface area contributed by atoms with E-state index in [0.717, 1.165) is 13.1 Å². The van der Waals surface area contributed by atoms with E-state index >= 15 is 0 Å². The Balaban J connectivity index is 2.24. The highest BCUT2D eigenvalue weighted by atomic mass is 19.1. The van der Waals surface area contributed by atoms with Crippen molar-refractivity contribution in [1.82, 2.24) is 4.90 Å². The molecular weight excluding hydrogens is 277 g/mol. The van der Waals surface area contributed by atoms with E-state index < -0.39 is 10.7 Å². The van der Waals surface area contributed by atoms with E-state index in [1.807, 2.05) is 4.90 Å². The summed E-state index contributed by atoms with van der Waals surface area (Å²) in [5, 5.41) is 10.9. The van der Waals surface area contributed by atoms with Crippen LogP contribution in [0.5, 0.6) is 5.75 Å². The molecule has 7 heteroatoms. The van der Waals surface area contributed by atoms with Crippen molar-refractivity contribution in [2.45, 2.75) is 19.9 Å². The van der Waals surface area contributed by atoms with E-state index in [1.165, 1.54) is 19.2 Å². The van der Waals surface area contributed by atoms with E-state index in [0.29, 0.717) is 24.8 Å². The molecule has 0 unspecified atom stereocenters. The summed E-state index contributed by atoms with van der Waals surface area (Å²) in [4.78, 5) is 14.5. The SMILES string of the molecule is COc1c([N+](=O)[O-])ccc(N2CCN(C(C)C)CC2)c1F. The number of hydrogen-bond donors (Lipinski definition) is 0. The van der Waals surface area contributed by atoms with Crippen LogP contribution in [0.2, 0.25) is 0 Å². The first-order valence-electron chi connectivity index (χ1n) is 6.95. The van der Waals surface area contributed by atoms with Gasteiger partial charge < -0.3 is 9.64 Å². The van der Waals surface area contributed by atoms with Crippen LogP contribution < -0.4 is 9.64 Å². The second kappa shape index (κ2) is 6.26. The molecule has 0 aromatic heterocycles. The standard InChI is InChI=1S/C14H20FN3O3/c1-10(2)16-6-8-17(9-7-16)11-4-5-12(18(19)20)14(21-3)13(11)15/h4-5,10H,6-9H2,1-3H3. The number of nitrogens with zero attached hydrogens (tertiary/aromatic N) is 3. The highest BCUT2D eigenvalue weighted by Crippen LogP contribution is 2.36. The second-order valence-corrected chi connectivity index (χ2v) is 5.32. The highest BCUT2D eigenvalue weighted by Gasteiger charge is 2.27. The zero-order valence-corrected chi connectivity index (χ0v) is 12.5. The summed E-state index contributed by atoms with van der Waals surface area (Å²) in [7, 11) is 1.24. The summed E-state index contributed by atoms with van der Waals surface area (Å²) < 4.78 is 19.3. The largest absolute Gasteiger partial charge is 0.488 e. The first-order valence-corrected chi connectivity index (χ1v) is 6.95. The third kappa shape index (κ3) is 3.07. The van der Waals surface area contributed by atoms with Crippen molar-refractivity contribution in [2.75, 3.05) is 38.2 Å². The average Bonchev–Trinajstić information content (AvgIpc) is 2.46. The van der Waals surface area contributed by atoms with Crippen molar-refractivity contribution in [1.29, 1.82) is 0 Å². The molecule has 116 valence electrons. The summed E-state index contributed by atoms with van der Waals surface area (Å²) in [6.07, 6.45) is 0. The minimum Gasteiger partial charge on any atom is -0.488 e. The summed E-state index contributed by atoms with van der Waals surface area (Å²) in [5.74, 6) is -0.964. The van der Waals surface area contributed by atoms with Gasteiger partial charge in [0, 0.05) is 38.3 Å². The number of anilines is 1. The first kappa shape index (κ1) is 15.5. The Bertz CT molecular complexity index is 528. The smallest absolute Gasteiger partial charge is 0.314 e. The van der Waals surface area contributed by atoms with Crippen LogP contribution in [0.1, 0.15) is 13.8 Å². The third-order valence-corrected chi connectivity index (χ3v) is 3.84. The van der Waals surface area contributed by atoms with Crippen LogP contribution in [0.25, 0.3) is 0 Å². The van der Waals surface area contributed by atoms with Crippen molar-refractivity contribution < 1.29 is 14.1 Å². The Labute approximate surface area is 123 Å². The molecule has 1 aromatic carbocycles. The number of piperazine rings is 1. The number of nitro benzene ring substituents is 1. The summed E-state index contributed by atoms with van der Waals surface area (Å²) >= 11 is 0. The number of hydrogen-bond acceptors (Lipinski definition) is 5. The fourth-order valence-electron chi connectivity index (χ4n) is 2.60. The molecule has 0 spiro atoms. The first-order chi connectivity index (χ1) is 9.95. The van der Waals surface area contributed by atoms with Crippen molar-refractivity contribution in [3.63, 3.8) is 0 Å². The molecule has 0 bridgehead atoms. The number of nitro groups is 1. The molecule has 1 aromatic rings. The van der Waals surface area contributed by atoms with Gasteiger partial charge in [-0.1, -0.05) is 0 Å². The lowest BCUT2D eigenvalue weighted by atomic mass is 10.2. The van der Waals surface area contributed by atoms with Crippen LogP contribution in [0.3, 0.4) is 0 Å². The van der Waals surface area contributed by atoms with Crippen molar-refractivity contribution in [2.24, 2.45) is 0 Å². The van der Waals surface area contributed by atoms with E-state index in [1.54, 1.807) is 0 Å². The predicted octanol–water partition coefficient (Wildman–Crippen LogP) is 2.27. The van der Waals surface area contributed by atoms with Gasteiger partial charge in [0.2, 0.25) is 5.75 Å². The lowest BCUT2D eigenvalue weighted by Gasteiger charge is -2.38. The van der Waals surface area contributed by atoms with Gasteiger partial charge in [0.05, 0.1) is 17.7 Å². The molecule has 6 nitrogen and oxygen atoms in total. The molecule has 21 heavy (non-hydrogen) atoms. The Kier molecular flexibility index (Phi) is 4.62. The van der Waals surface area contributed by atoms with E-state index in [4.69, 9.17) is 4.74 Å². The lowest BCUT2D eigenvalue weighted by molar-refractivity contribution is -0.386. The molecule has 1 heterocycles. The highest BCUT2D eigenvalue weighted by molar-refractivity contribution is 5.61. The van der Waals surface area contributed by atoms with E-state index in [2.05, 4.69) is 18.7 Å². The quantitative estimate of drug-likeness (QED) is 0.630. The molecule has 1 fully saturated rings. The Morgan fingerprint density at radius 3 is 2.38 bits per heavy atom. The number of methoxy groups -OCH3 is 1. The Morgan fingerprint density at radius 1 is 1.29 bits per heavy atom. The van der Waals surface area contributed by atoms with Crippen molar-refractivity contribution >= 4 is 11.4 Å². The summed E-state index contributed by atoms with van der Waals surface area (Å²) in [6.45, 7) is 7.33. The lowest BCUT2D eigenvalue weighted by Crippen LogP contribution is -2.49. The van der Waals surface area contributed by atoms with Gasteiger partial charge >= 0.3 is 5.69 Å². The van der Waals surface area contributed by atoms with Crippen LogP contribution in [0.15, 0.2) is 12.1 Å².